The van der Waals surface area contributed by atoms with Gasteiger partial charge in [0.05, 0.1) is 17.3 Å². The molecule has 1 heterocycles. The maximum atomic E-state index is 12.3. The van der Waals surface area contributed by atoms with Gasteiger partial charge in [0.25, 0.3) is 6.43 Å². The fourth-order valence-electron chi connectivity index (χ4n) is 0.955. The van der Waals surface area contributed by atoms with Gasteiger partial charge in [0.15, 0.2) is 0 Å². The molecule has 0 aliphatic carbocycles. The predicted molar refractivity (Wildman–Crippen MR) is 45.2 cm³/mol. The van der Waals surface area contributed by atoms with E-state index in [4.69, 9.17) is 16.7 Å². The molecule has 72 valence electrons. The Morgan fingerprint density at radius 2 is 2.23 bits per heavy atom. The van der Waals surface area contributed by atoms with E-state index in [0.29, 0.717) is 5.69 Å². The van der Waals surface area contributed by atoms with Crippen LogP contribution in [0.5, 0.6) is 5.75 Å². The zero-order chi connectivity index (χ0) is 10.0. The van der Waals surface area contributed by atoms with E-state index in [1.54, 1.807) is 0 Å². The summed E-state index contributed by atoms with van der Waals surface area (Å²) in [4.78, 5) is 3.75. The van der Waals surface area contributed by atoms with Crippen LogP contribution in [0.2, 0.25) is 0 Å². The number of hydrogen-bond donors (Lipinski definition) is 1. The third kappa shape index (κ3) is 2.06. The van der Waals surface area contributed by atoms with Crippen LogP contribution in [0.3, 0.4) is 0 Å². The molecule has 1 rings (SSSR count). The van der Waals surface area contributed by atoms with E-state index in [1.807, 2.05) is 0 Å². The number of aromatic nitrogens is 1. The smallest absolute Gasteiger partial charge is 0.265 e. The first-order chi connectivity index (χ1) is 6.06. The van der Waals surface area contributed by atoms with Gasteiger partial charge in [0, 0.05) is 5.56 Å². The van der Waals surface area contributed by atoms with Crippen LogP contribution in [0.4, 0.5) is 8.78 Å². The lowest BCUT2D eigenvalue weighted by atomic mass is 10.2. The van der Waals surface area contributed by atoms with Gasteiger partial charge in [-0.2, -0.15) is 0 Å². The van der Waals surface area contributed by atoms with E-state index in [1.165, 1.54) is 6.92 Å². The predicted octanol–water partition coefficient (Wildman–Crippen LogP) is 2.77. The van der Waals surface area contributed by atoms with Gasteiger partial charge >= 0.3 is 0 Å². The van der Waals surface area contributed by atoms with Gasteiger partial charge in [0.1, 0.15) is 5.75 Å². The SMILES string of the molecule is Cc1nc(CCl)c(C(F)F)cc1O. The summed E-state index contributed by atoms with van der Waals surface area (Å²) in [7, 11) is 0. The first kappa shape index (κ1) is 10.2. The highest BCUT2D eigenvalue weighted by Crippen LogP contribution is 2.27. The summed E-state index contributed by atoms with van der Waals surface area (Å²) in [5, 5.41) is 9.13. The van der Waals surface area contributed by atoms with Gasteiger partial charge in [-0.3, -0.25) is 4.98 Å². The zero-order valence-electron chi connectivity index (χ0n) is 6.89. The summed E-state index contributed by atoms with van der Waals surface area (Å²) in [6, 6.07) is 1.00. The molecule has 0 unspecified atom stereocenters. The van der Waals surface area contributed by atoms with E-state index in [9.17, 15) is 8.78 Å². The largest absolute Gasteiger partial charge is 0.506 e. The van der Waals surface area contributed by atoms with Crippen molar-refractivity contribution < 1.29 is 13.9 Å². The molecule has 0 saturated carbocycles. The molecular weight excluding hydrogens is 200 g/mol. The van der Waals surface area contributed by atoms with E-state index < -0.39 is 6.43 Å². The van der Waals surface area contributed by atoms with E-state index in [0.717, 1.165) is 6.07 Å². The van der Waals surface area contributed by atoms with Crippen molar-refractivity contribution in [2.75, 3.05) is 0 Å². The normalized spacial score (nSPS) is 10.8. The summed E-state index contributed by atoms with van der Waals surface area (Å²) in [5.74, 6) is -0.315. The van der Waals surface area contributed by atoms with Crippen LogP contribution in [0.15, 0.2) is 6.07 Å². The summed E-state index contributed by atoms with van der Waals surface area (Å²) in [6.07, 6.45) is -2.66. The van der Waals surface area contributed by atoms with Crippen molar-refractivity contribution >= 4 is 11.6 Å². The first-order valence-electron chi connectivity index (χ1n) is 3.59. The van der Waals surface area contributed by atoms with E-state index in [2.05, 4.69) is 4.98 Å². The van der Waals surface area contributed by atoms with E-state index in [-0.39, 0.29) is 22.9 Å². The first-order valence-corrected chi connectivity index (χ1v) is 4.13. The molecule has 0 spiro atoms. The van der Waals surface area contributed by atoms with Gasteiger partial charge in [-0.05, 0) is 13.0 Å². The number of hydrogen-bond acceptors (Lipinski definition) is 2. The molecule has 0 bridgehead atoms. The number of aryl methyl sites for hydroxylation is 1. The van der Waals surface area contributed by atoms with Crippen LogP contribution in [0, 0.1) is 6.92 Å². The second-order valence-electron chi connectivity index (χ2n) is 2.56. The fraction of sp³-hybridized carbons (Fsp3) is 0.375. The molecular formula is C8H8ClF2NO. The second-order valence-corrected chi connectivity index (χ2v) is 2.83. The van der Waals surface area contributed by atoms with Crippen molar-refractivity contribution in [3.63, 3.8) is 0 Å². The number of rotatable bonds is 2. The van der Waals surface area contributed by atoms with Crippen LogP contribution < -0.4 is 0 Å². The summed E-state index contributed by atoms with van der Waals surface area (Å²) >= 11 is 5.42. The van der Waals surface area contributed by atoms with Crippen LogP contribution in [-0.2, 0) is 5.88 Å². The highest BCUT2D eigenvalue weighted by Gasteiger charge is 2.15. The maximum absolute atomic E-state index is 12.3. The summed E-state index contributed by atoms with van der Waals surface area (Å²) in [5.41, 5.74) is 0.116. The molecule has 13 heavy (non-hydrogen) atoms. The Morgan fingerprint density at radius 1 is 1.62 bits per heavy atom. The van der Waals surface area contributed by atoms with Crippen molar-refractivity contribution in [2.45, 2.75) is 19.2 Å². The van der Waals surface area contributed by atoms with Crippen molar-refractivity contribution in [1.29, 1.82) is 0 Å². The molecule has 1 aromatic rings. The van der Waals surface area contributed by atoms with Gasteiger partial charge in [-0.15, -0.1) is 11.6 Å². The Morgan fingerprint density at radius 3 is 2.69 bits per heavy atom. The second kappa shape index (κ2) is 3.87. The molecule has 0 aliphatic rings. The van der Waals surface area contributed by atoms with Gasteiger partial charge in [-0.1, -0.05) is 0 Å². The minimum absolute atomic E-state index is 0.0825. The number of nitrogens with zero attached hydrogens (tertiary/aromatic N) is 1. The number of aromatic hydroxyl groups is 1. The number of pyridine rings is 1. The highest BCUT2D eigenvalue weighted by atomic mass is 35.5. The minimum atomic E-state index is -2.66. The van der Waals surface area contributed by atoms with Crippen LogP contribution in [0.25, 0.3) is 0 Å². The molecule has 5 heteroatoms. The van der Waals surface area contributed by atoms with E-state index >= 15 is 0 Å². The molecule has 0 aliphatic heterocycles. The third-order valence-corrected chi connectivity index (χ3v) is 1.91. The standard InChI is InChI=1S/C8H8ClF2NO/c1-4-7(13)2-5(8(10)11)6(3-9)12-4/h2,8,13H,3H2,1H3. The lowest BCUT2D eigenvalue weighted by Gasteiger charge is -2.07. The molecule has 2 nitrogen and oxygen atoms in total. The van der Waals surface area contributed by atoms with Crippen molar-refractivity contribution in [1.82, 2.24) is 4.98 Å². The third-order valence-electron chi connectivity index (χ3n) is 1.66. The van der Waals surface area contributed by atoms with Crippen molar-refractivity contribution in [3.8, 4) is 5.75 Å². The summed E-state index contributed by atoms with van der Waals surface area (Å²) < 4.78 is 24.6. The van der Waals surface area contributed by atoms with Gasteiger partial charge < -0.3 is 5.11 Å². The average Bonchev–Trinajstić information content (AvgIpc) is 2.08. The Kier molecular flexibility index (Phi) is 3.03. The Hall–Kier alpha value is -0.900. The molecule has 0 fully saturated rings. The quantitative estimate of drug-likeness (QED) is 0.757. The van der Waals surface area contributed by atoms with Crippen molar-refractivity contribution in [3.05, 3.63) is 23.0 Å². The Balaban J connectivity index is 3.25. The molecule has 0 saturated heterocycles. The molecule has 0 radical (unpaired) electrons. The highest BCUT2D eigenvalue weighted by molar-refractivity contribution is 6.17. The zero-order valence-corrected chi connectivity index (χ0v) is 7.65. The number of halogens is 3. The average molecular weight is 208 g/mol. The van der Waals surface area contributed by atoms with Gasteiger partial charge in [-0.25, -0.2) is 8.78 Å². The van der Waals surface area contributed by atoms with Crippen LogP contribution in [-0.4, -0.2) is 10.1 Å². The topological polar surface area (TPSA) is 33.1 Å². The Bertz CT molecular complexity index is 317. The molecule has 1 N–H and O–H groups in total. The Labute approximate surface area is 79.2 Å². The fourth-order valence-corrected chi connectivity index (χ4v) is 1.17. The molecule has 1 aromatic heterocycles. The lowest BCUT2D eigenvalue weighted by Crippen LogP contribution is -1.98. The molecule has 0 amide bonds. The number of alkyl halides is 3. The monoisotopic (exact) mass is 207 g/mol. The van der Waals surface area contributed by atoms with Crippen LogP contribution in [0.1, 0.15) is 23.4 Å². The molecule has 0 atom stereocenters. The molecule has 0 aromatic carbocycles. The van der Waals surface area contributed by atoms with Crippen LogP contribution >= 0.6 is 11.6 Å². The van der Waals surface area contributed by atoms with Crippen molar-refractivity contribution in [2.24, 2.45) is 0 Å². The minimum Gasteiger partial charge on any atom is -0.506 e. The lowest BCUT2D eigenvalue weighted by molar-refractivity contribution is 0.149. The maximum Gasteiger partial charge on any atom is 0.265 e. The summed E-state index contributed by atoms with van der Waals surface area (Å²) in [6.45, 7) is 1.53. The van der Waals surface area contributed by atoms with Gasteiger partial charge in [0.2, 0.25) is 0 Å².